The van der Waals surface area contributed by atoms with Gasteiger partial charge in [-0.3, -0.25) is 9.36 Å². The van der Waals surface area contributed by atoms with Crippen molar-refractivity contribution in [3.8, 4) is 22.8 Å². The number of nitrogens with one attached hydrogen (secondary N) is 1. The van der Waals surface area contributed by atoms with E-state index in [-0.39, 0.29) is 38.9 Å². The van der Waals surface area contributed by atoms with Gasteiger partial charge in [-0.25, -0.2) is 18.6 Å². The van der Waals surface area contributed by atoms with E-state index in [0.717, 1.165) is 49.1 Å². The zero-order chi connectivity index (χ0) is 25.4. The Labute approximate surface area is 212 Å². The SMILES string of the molecule is [C-]#[N+]c1ccc(-c2nc(N3CCC4(CCNC4)CC3)c(Cl)c(=O)n2-c2ccc(OC)c(F)c2)cc1F. The molecule has 1 spiro atoms. The molecule has 186 valence electrons. The third kappa shape index (κ3) is 4.21. The Kier molecular flexibility index (Phi) is 6.41. The highest BCUT2D eigenvalue weighted by molar-refractivity contribution is 6.32. The summed E-state index contributed by atoms with van der Waals surface area (Å²) in [4.78, 5) is 23.5. The molecule has 2 fully saturated rings. The van der Waals surface area contributed by atoms with Gasteiger partial charge in [-0.15, -0.1) is 0 Å². The number of anilines is 1. The predicted octanol–water partition coefficient (Wildman–Crippen LogP) is 4.97. The van der Waals surface area contributed by atoms with Crippen LogP contribution < -0.4 is 20.5 Å². The van der Waals surface area contributed by atoms with Crippen LogP contribution in [0.3, 0.4) is 0 Å². The molecule has 2 saturated heterocycles. The van der Waals surface area contributed by atoms with Crippen molar-refractivity contribution in [3.05, 3.63) is 74.8 Å². The Balaban J connectivity index is 1.65. The van der Waals surface area contributed by atoms with E-state index in [1.807, 2.05) is 4.90 Å². The second kappa shape index (κ2) is 9.52. The second-order valence-electron chi connectivity index (χ2n) is 9.22. The maximum absolute atomic E-state index is 14.6. The van der Waals surface area contributed by atoms with Crippen molar-refractivity contribution in [1.82, 2.24) is 14.9 Å². The molecule has 3 aromatic rings. The quantitative estimate of drug-likeness (QED) is 0.501. The first-order valence-corrected chi connectivity index (χ1v) is 12.0. The predicted molar refractivity (Wildman–Crippen MR) is 134 cm³/mol. The molecule has 3 heterocycles. The average molecular weight is 512 g/mol. The van der Waals surface area contributed by atoms with Crippen molar-refractivity contribution in [1.29, 1.82) is 0 Å². The summed E-state index contributed by atoms with van der Waals surface area (Å²) in [7, 11) is 1.34. The number of hydrogen-bond acceptors (Lipinski definition) is 5. The molecule has 0 amide bonds. The molecule has 0 atom stereocenters. The highest BCUT2D eigenvalue weighted by Crippen LogP contribution is 2.39. The number of piperidine rings is 1. The van der Waals surface area contributed by atoms with Crippen LogP contribution in [0.2, 0.25) is 5.02 Å². The Bertz CT molecular complexity index is 1420. The zero-order valence-corrected chi connectivity index (χ0v) is 20.4. The molecule has 0 unspecified atom stereocenters. The van der Waals surface area contributed by atoms with Crippen LogP contribution in [0.1, 0.15) is 19.3 Å². The van der Waals surface area contributed by atoms with E-state index in [4.69, 9.17) is 27.9 Å². The van der Waals surface area contributed by atoms with Gasteiger partial charge < -0.3 is 15.0 Å². The molecular formula is C26H24ClF2N5O2. The van der Waals surface area contributed by atoms with Crippen molar-refractivity contribution in [2.24, 2.45) is 5.41 Å². The van der Waals surface area contributed by atoms with E-state index >= 15 is 0 Å². The fourth-order valence-electron chi connectivity index (χ4n) is 5.08. The molecule has 0 bridgehead atoms. The minimum absolute atomic E-state index is 0.0140. The van der Waals surface area contributed by atoms with Gasteiger partial charge in [-0.1, -0.05) is 23.7 Å². The van der Waals surface area contributed by atoms with E-state index in [1.54, 1.807) is 0 Å². The number of nitrogens with zero attached hydrogens (tertiary/aromatic N) is 4. The second-order valence-corrected chi connectivity index (χ2v) is 9.60. The first kappa shape index (κ1) is 24.2. The van der Waals surface area contributed by atoms with Crippen LogP contribution in [-0.4, -0.2) is 42.8 Å². The smallest absolute Gasteiger partial charge is 0.279 e. The van der Waals surface area contributed by atoms with Gasteiger partial charge in [-0.2, -0.15) is 0 Å². The summed E-state index contributed by atoms with van der Waals surface area (Å²) in [5.41, 5.74) is -0.0687. The van der Waals surface area contributed by atoms with Crippen LogP contribution in [-0.2, 0) is 0 Å². The minimum Gasteiger partial charge on any atom is -0.494 e. The number of rotatable bonds is 4. The molecule has 0 radical (unpaired) electrons. The van der Waals surface area contributed by atoms with E-state index in [9.17, 15) is 13.6 Å². The van der Waals surface area contributed by atoms with Crippen molar-refractivity contribution < 1.29 is 13.5 Å². The van der Waals surface area contributed by atoms with Gasteiger partial charge in [-0.05, 0) is 49.4 Å². The summed E-state index contributed by atoms with van der Waals surface area (Å²) in [5.74, 6) is -0.983. The molecule has 2 aliphatic heterocycles. The van der Waals surface area contributed by atoms with Gasteiger partial charge >= 0.3 is 0 Å². The van der Waals surface area contributed by atoms with Crippen molar-refractivity contribution >= 4 is 23.1 Å². The summed E-state index contributed by atoms with van der Waals surface area (Å²) in [5, 5.41) is 3.34. The number of ether oxygens (including phenoxy) is 1. The fourth-order valence-corrected chi connectivity index (χ4v) is 5.32. The van der Waals surface area contributed by atoms with E-state index in [1.165, 1.54) is 31.4 Å². The maximum atomic E-state index is 14.6. The third-order valence-corrected chi connectivity index (χ3v) is 7.52. The number of benzene rings is 2. The summed E-state index contributed by atoms with van der Waals surface area (Å²) in [6.07, 6.45) is 2.99. The van der Waals surface area contributed by atoms with Crippen molar-refractivity contribution in [2.75, 3.05) is 38.2 Å². The highest BCUT2D eigenvalue weighted by atomic mass is 35.5. The third-order valence-electron chi connectivity index (χ3n) is 7.19. The first-order chi connectivity index (χ1) is 17.4. The molecule has 0 saturated carbocycles. The Morgan fingerprint density at radius 3 is 2.53 bits per heavy atom. The van der Waals surface area contributed by atoms with Crippen LogP contribution >= 0.6 is 11.6 Å². The lowest BCUT2D eigenvalue weighted by Gasteiger charge is -2.39. The van der Waals surface area contributed by atoms with Crippen molar-refractivity contribution in [3.63, 3.8) is 0 Å². The van der Waals surface area contributed by atoms with Gasteiger partial charge in [0.1, 0.15) is 16.7 Å². The summed E-state index contributed by atoms with van der Waals surface area (Å²) in [6, 6.07) is 8.04. The van der Waals surface area contributed by atoms with Crippen molar-refractivity contribution in [2.45, 2.75) is 19.3 Å². The van der Waals surface area contributed by atoms with Gasteiger partial charge in [0.05, 0.1) is 19.4 Å². The lowest BCUT2D eigenvalue weighted by molar-refractivity contribution is 0.247. The standard InChI is InChI=1S/C26H24ClF2N5O2/c1-30-20-5-3-16(13-18(20)28)23-32-24(33-11-8-26(9-12-33)7-10-31-15-26)22(27)25(35)34(23)17-4-6-21(36-2)19(29)14-17/h3-6,13-14,31H,7-12,15H2,2H3. The zero-order valence-electron chi connectivity index (χ0n) is 19.7. The van der Waals surface area contributed by atoms with E-state index in [2.05, 4.69) is 10.2 Å². The maximum Gasteiger partial charge on any atom is 0.279 e. The van der Waals surface area contributed by atoms with Crippen LogP contribution in [0.5, 0.6) is 5.75 Å². The number of halogens is 3. The monoisotopic (exact) mass is 511 g/mol. The van der Waals surface area contributed by atoms with Gasteiger partial charge in [0.25, 0.3) is 5.56 Å². The van der Waals surface area contributed by atoms with Crippen LogP contribution in [0, 0.1) is 23.6 Å². The Morgan fingerprint density at radius 2 is 1.92 bits per heavy atom. The number of methoxy groups -OCH3 is 1. The fraction of sp³-hybridized carbons (Fsp3) is 0.346. The number of aromatic nitrogens is 2. The largest absolute Gasteiger partial charge is 0.494 e. The van der Waals surface area contributed by atoms with Crippen LogP contribution in [0.15, 0.2) is 41.2 Å². The van der Waals surface area contributed by atoms with Gasteiger partial charge in [0, 0.05) is 31.3 Å². The molecular weight excluding hydrogens is 488 g/mol. The molecule has 5 rings (SSSR count). The van der Waals surface area contributed by atoms with Gasteiger partial charge in [0.15, 0.2) is 17.4 Å². The molecule has 10 heteroatoms. The molecule has 7 nitrogen and oxygen atoms in total. The minimum atomic E-state index is -0.741. The van der Waals surface area contributed by atoms with Crippen LogP contribution in [0.4, 0.5) is 20.3 Å². The lowest BCUT2D eigenvalue weighted by atomic mass is 9.78. The molecule has 1 N–H and O–H groups in total. The molecule has 1 aromatic heterocycles. The highest BCUT2D eigenvalue weighted by Gasteiger charge is 2.38. The summed E-state index contributed by atoms with van der Waals surface area (Å²) in [6.45, 7) is 10.5. The lowest BCUT2D eigenvalue weighted by Crippen LogP contribution is -2.42. The van der Waals surface area contributed by atoms with Crippen LogP contribution in [0.25, 0.3) is 21.9 Å². The summed E-state index contributed by atoms with van der Waals surface area (Å²) >= 11 is 6.59. The molecule has 2 aromatic carbocycles. The molecule has 36 heavy (non-hydrogen) atoms. The normalized spacial score (nSPS) is 16.8. The Hall–Kier alpha value is -3.48. The topological polar surface area (TPSA) is 63.8 Å². The Morgan fingerprint density at radius 1 is 1.14 bits per heavy atom. The summed E-state index contributed by atoms with van der Waals surface area (Å²) < 4.78 is 35.3. The first-order valence-electron chi connectivity index (χ1n) is 11.7. The molecule has 0 aliphatic carbocycles. The van der Waals surface area contributed by atoms with E-state index in [0.29, 0.717) is 18.9 Å². The average Bonchev–Trinajstić information content (AvgIpc) is 3.34. The van der Waals surface area contributed by atoms with Gasteiger partial charge in [0.2, 0.25) is 5.69 Å². The number of hydrogen-bond donors (Lipinski definition) is 1. The van der Waals surface area contributed by atoms with E-state index < -0.39 is 17.2 Å². The molecule has 2 aliphatic rings.